The van der Waals surface area contributed by atoms with Crippen LogP contribution in [0.3, 0.4) is 0 Å². The minimum Gasteiger partial charge on any atom is -0.550 e. The summed E-state index contributed by atoms with van der Waals surface area (Å²) in [6.07, 6.45) is 56.0. The van der Waals surface area contributed by atoms with Crippen molar-refractivity contribution in [2.24, 2.45) is 180 Å². The summed E-state index contributed by atoms with van der Waals surface area (Å²) in [6, 6.07) is 0. The van der Waals surface area contributed by atoms with Crippen molar-refractivity contribution in [1.29, 1.82) is 0 Å². The molecule has 0 aliphatic heterocycles. The number of allylic oxidation sites excluding steroid dienone is 6. The zero-order chi connectivity index (χ0) is 82.2. The fourth-order valence-electron chi connectivity index (χ4n) is 31.3. The van der Waals surface area contributed by atoms with Gasteiger partial charge in [-0.05, 0) is 386 Å². The summed E-state index contributed by atoms with van der Waals surface area (Å²) in [7, 11) is 0. The smallest absolute Gasteiger partial charge is 0.0752 e. The van der Waals surface area contributed by atoms with Gasteiger partial charge in [0.25, 0.3) is 0 Å². The second kappa shape index (κ2) is 38.1. The Balaban J connectivity index is 0.000000149. The van der Waals surface area contributed by atoms with E-state index in [2.05, 4.69) is 169 Å². The van der Waals surface area contributed by atoms with Crippen molar-refractivity contribution < 1.29 is 40.5 Å². The second-order valence-corrected chi connectivity index (χ2v) is 45.9. The number of carboxylic acids is 1. The zero-order valence-corrected chi connectivity index (χ0v) is 76.5. The van der Waals surface area contributed by atoms with Crippen molar-refractivity contribution in [2.45, 2.75) is 413 Å². The fourth-order valence-corrected chi connectivity index (χ4v) is 31.3. The van der Waals surface area contributed by atoms with Crippen LogP contribution in [0.1, 0.15) is 376 Å². The van der Waals surface area contributed by atoms with Crippen LogP contribution in [0.4, 0.5) is 0 Å². The maximum absolute atomic E-state index is 10.5. The molecule has 0 radical (unpaired) electrons. The number of aliphatic hydroxyl groups is 6. The summed E-state index contributed by atoms with van der Waals surface area (Å²) in [6.45, 7) is 49.3. The lowest BCUT2D eigenvalue weighted by molar-refractivity contribution is -0.307. The maximum Gasteiger partial charge on any atom is 0.0752 e. The van der Waals surface area contributed by atoms with E-state index < -0.39 is 30.7 Å². The second-order valence-electron chi connectivity index (χ2n) is 45.9. The molecule has 0 aromatic heterocycles. The molecule has 0 saturated heterocycles. The van der Waals surface area contributed by atoms with Crippen LogP contribution in [-0.2, 0) is 4.79 Å². The van der Waals surface area contributed by atoms with Crippen molar-refractivity contribution >= 4 is 5.97 Å². The molecule has 0 heterocycles. The van der Waals surface area contributed by atoms with Gasteiger partial charge in [0.15, 0.2) is 0 Å². The van der Waals surface area contributed by atoms with E-state index in [1.54, 1.807) is 16.7 Å². The fraction of sp³-hybridized carbons (Fsp3) is 0.895. The van der Waals surface area contributed by atoms with Crippen molar-refractivity contribution in [3.05, 3.63) is 58.7 Å². The molecule has 8 heteroatoms. The molecule has 34 atom stereocenters. The van der Waals surface area contributed by atoms with E-state index in [4.69, 9.17) is 0 Å². The van der Waals surface area contributed by atoms with Crippen LogP contribution in [-0.4, -0.2) is 73.2 Å². The highest BCUT2D eigenvalue weighted by atomic mass is 16.4. The number of rotatable bonds is 23. The number of fused-ring (bicyclic) bond motifs is 16. The van der Waals surface area contributed by atoms with Crippen molar-refractivity contribution in [1.82, 2.24) is 0 Å². The van der Waals surface area contributed by atoms with E-state index >= 15 is 0 Å². The molecule has 10 saturated carbocycles. The highest BCUT2D eigenvalue weighted by Gasteiger charge is 2.63. The minimum atomic E-state index is -1.30. The number of carbonyl (C=O) groups excluding carboxylic acids is 1. The summed E-state index contributed by atoms with van der Waals surface area (Å²) >= 11 is 0. The summed E-state index contributed by atoms with van der Waals surface area (Å²) in [5, 5.41) is 71.2. The summed E-state index contributed by atoms with van der Waals surface area (Å²) in [5.74, 6) is 18.6. The average Bonchev–Trinajstić information content (AvgIpc) is 1.67. The van der Waals surface area contributed by atoms with Gasteiger partial charge < -0.3 is 40.5 Å². The average molecular weight is 1570 g/mol. The molecule has 0 spiro atoms. The molecule has 0 bridgehead atoms. The summed E-state index contributed by atoms with van der Waals surface area (Å²) < 4.78 is 0. The molecule has 0 aromatic rings. The molecular weight excluding hydrogens is 1390 g/mol. The van der Waals surface area contributed by atoms with Crippen molar-refractivity contribution in [3.8, 4) is 0 Å². The third-order valence-corrected chi connectivity index (χ3v) is 39.1. The SMILES string of the molecule is CC(C)[C@H](C)CC[C@@H](C)[C@H]1CC[C@H]2[C@@H]3CC=C4C[C@@H](O)CC[C@]4(C)[C@H]3CC[C@]12C.CC[C@H](/C=C/[C@@H](C)[C@H]1CC[C@H]2[C@@H]3CC=C4C[C@@H](O)CC[C@]4(C)[C@H]3CC[C@]12C)C(C)C.CC[C@H](CC[C@@H](C)[C@H]1CC[C@H]2[C@@H]3CC=C4C[C@@H](O)CC[C@]4(C)[C@H]3CC[C@]12C)C(C)C.C[C@@H]1CC[C@H]2C(=C[C@H](O)[C@H](C)[C@@H]2CC[C@@H](O)C[C@@H](O)CC(=O)[O-])C1. The molecule has 113 heavy (non-hydrogen) atoms. The van der Waals surface area contributed by atoms with Gasteiger partial charge in [-0.25, -0.2) is 0 Å². The van der Waals surface area contributed by atoms with Gasteiger partial charge in [0.05, 0.1) is 36.6 Å². The first-order valence-electron chi connectivity index (χ1n) is 49.1. The number of hydrogen-bond acceptors (Lipinski definition) is 8. The topological polar surface area (TPSA) is 162 Å². The molecule has 14 rings (SSSR count). The highest BCUT2D eigenvalue weighted by Crippen LogP contribution is 2.71. The van der Waals surface area contributed by atoms with Gasteiger partial charge in [-0.1, -0.05) is 223 Å². The van der Waals surface area contributed by atoms with E-state index in [0.29, 0.717) is 62.6 Å². The third-order valence-electron chi connectivity index (χ3n) is 39.1. The van der Waals surface area contributed by atoms with Crippen LogP contribution in [0, 0.1) is 180 Å². The summed E-state index contributed by atoms with van der Waals surface area (Å²) in [4.78, 5) is 10.5. The molecule has 14 aliphatic rings. The molecule has 0 amide bonds. The van der Waals surface area contributed by atoms with Gasteiger partial charge in [-0.2, -0.15) is 0 Å². The first-order chi connectivity index (χ1) is 53.3. The van der Waals surface area contributed by atoms with Crippen LogP contribution in [0.15, 0.2) is 58.7 Å². The van der Waals surface area contributed by atoms with Gasteiger partial charge >= 0.3 is 0 Å². The largest absolute Gasteiger partial charge is 0.550 e. The normalized spacial score (nSPS) is 43.7. The van der Waals surface area contributed by atoms with E-state index in [-0.39, 0.29) is 30.7 Å². The molecular formula is C105H177O8-. The molecule has 0 unspecified atom stereocenters. The quantitative estimate of drug-likeness (QED) is 0.0551. The Labute approximate surface area is 694 Å². The highest BCUT2D eigenvalue weighted by molar-refractivity contribution is 5.64. The van der Waals surface area contributed by atoms with E-state index in [1.165, 1.54) is 166 Å². The number of aliphatic carboxylic acids is 1. The molecule has 646 valence electrons. The van der Waals surface area contributed by atoms with Crippen LogP contribution in [0.25, 0.3) is 0 Å². The van der Waals surface area contributed by atoms with Gasteiger partial charge in [0.2, 0.25) is 0 Å². The van der Waals surface area contributed by atoms with E-state index in [9.17, 15) is 40.5 Å². The molecule has 0 aromatic carbocycles. The van der Waals surface area contributed by atoms with Crippen LogP contribution in [0.2, 0.25) is 0 Å². The minimum absolute atomic E-state index is 0.0576. The van der Waals surface area contributed by atoms with Crippen LogP contribution < -0.4 is 5.11 Å². The Bertz CT molecular complexity index is 3230. The first-order valence-corrected chi connectivity index (χ1v) is 49.1. The van der Waals surface area contributed by atoms with Crippen molar-refractivity contribution in [2.75, 3.05) is 0 Å². The molecule has 10 fully saturated rings. The lowest BCUT2D eigenvalue weighted by Gasteiger charge is -2.58. The monoisotopic (exact) mass is 1570 g/mol. The molecule has 14 aliphatic carbocycles. The predicted octanol–water partition coefficient (Wildman–Crippen LogP) is 24.5. The van der Waals surface area contributed by atoms with Gasteiger partial charge in [-0.15, -0.1) is 0 Å². The Hall–Kier alpha value is -2.07. The van der Waals surface area contributed by atoms with Crippen LogP contribution >= 0.6 is 0 Å². The van der Waals surface area contributed by atoms with E-state index in [1.807, 2.05) is 6.08 Å². The molecule has 8 nitrogen and oxygen atoms in total. The number of hydrogen-bond donors (Lipinski definition) is 6. The Morgan fingerprint density at radius 2 is 0.920 bits per heavy atom. The number of carbonyl (C=O) groups is 1. The Kier molecular flexibility index (Phi) is 30.9. The van der Waals surface area contributed by atoms with Gasteiger partial charge in [-0.3, -0.25) is 0 Å². The Morgan fingerprint density at radius 1 is 0.478 bits per heavy atom. The van der Waals surface area contributed by atoms with Gasteiger partial charge in [0.1, 0.15) is 0 Å². The zero-order valence-electron chi connectivity index (χ0n) is 76.5. The maximum atomic E-state index is 10.5. The standard InChI is InChI=1S/C29H50O.C29H48O.C28H48O.C19H32O5/c2*1-7-21(19(2)3)9-8-20(4)25-12-13-26-24-11-10-22-18-23(30)14-16-28(22,5)27(24)15-17-29(25,26)6;1-18(2)19(3)7-8-20(4)24-11-12-25-23-10-9-21-17-22(29)13-15-27(21,5)26(23)14-16-28(24,25)6;1-11-3-5-17-13(7-11)8-18(22)12(2)16(17)6-4-14(20)9-15(21)10-19(23)24/h10,19-21,23-27,30H,7-9,11-18H2,1-6H3;8-10,19-21,23-27,30H,7,11-18H2,1-6H3;9,18-20,22-26,29H,7-8,10-17H2,1-6H3;8,11-12,14-18,20-22H,3-7,9-10H2,1-2H3,(H,23,24)/p-1/b;9-8+;;/t2*20-,21-,23+,24+,25-,26+,27+,28+,29-;19-,20-,22+,23+,24-,25+,26+,27+,28-;11-,12-,14-,15-,16+,17+,18+/m1111/s1. The van der Waals surface area contributed by atoms with Crippen molar-refractivity contribution in [3.63, 3.8) is 0 Å². The van der Waals surface area contributed by atoms with Crippen LogP contribution in [0.5, 0.6) is 0 Å². The lowest BCUT2D eigenvalue weighted by Crippen LogP contribution is -2.50. The lowest BCUT2D eigenvalue weighted by atomic mass is 9.47. The summed E-state index contributed by atoms with van der Waals surface area (Å²) in [5.41, 5.74) is 9.05. The van der Waals surface area contributed by atoms with Gasteiger partial charge in [0, 0.05) is 12.4 Å². The first kappa shape index (κ1) is 91.7. The van der Waals surface area contributed by atoms with E-state index in [0.717, 1.165) is 176 Å². The molecule has 6 N–H and O–H groups in total. The number of aliphatic hydroxyl groups excluding tert-OH is 6. The number of carboxylic acid groups (broad SMARTS) is 1. The Morgan fingerprint density at radius 3 is 1.34 bits per heavy atom. The third kappa shape index (κ3) is 19.4. The predicted molar refractivity (Wildman–Crippen MR) is 469 cm³/mol.